The van der Waals surface area contributed by atoms with Gasteiger partial charge in [-0.1, -0.05) is 28.8 Å². The molecule has 0 aliphatic heterocycles. The number of benzene rings is 1. The summed E-state index contributed by atoms with van der Waals surface area (Å²) in [4.78, 5) is 0.278. The fourth-order valence-corrected chi connectivity index (χ4v) is 4.76. The van der Waals surface area contributed by atoms with E-state index in [0.29, 0.717) is 11.1 Å². The molecule has 106 valence electrons. The van der Waals surface area contributed by atoms with Gasteiger partial charge in [-0.05, 0) is 37.1 Å². The van der Waals surface area contributed by atoms with Gasteiger partial charge in [0.25, 0.3) is 0 Å². The third-order valence-electron chi connectivity index (χ3n) is 3.54. The first kappa shape index (κ1) is 14.8. The lowest BCUT2D eigenvalue weighted by Gasteiger charge is -2.27. The Morgan fingerprint density at radius 3 is 2.32 bits per heavy atom. The summed E-state index contributed by atoms with van der Waals surface area (Å²) in [5.74, 6) is 0.648. The molecule has 1 N–H and O–H groups in total. The molecule has 0 amide bonds. The van der Waals surface area contributed by atoms with Crippen LogP contribution in [0.2, 0.25) is 0 Å². The van der Waals surface area contributed by atoms with Gasteiger partial charge in [-0.3, -0.25) is 0 Å². The Hall–Kier alpha value is -0.590. The first-order valence-corrected chi connectivity index (χ1v) is 8.86. The van der Waals surface area contributed by atoms with Gasteiger partial charge in [-0.2, -0.15) is 0 Å². The van der Waals surface area contributed by atoms with Crippen LogP contribution in [0.15, 0.2) is 29.2 Å². The zero-order chi connectivity index (χ0) is 13.9. The number of halogens is 1. The first-order valence-electron chi connectivity index (χ1n) is 6.25. The van der Waals surface area contributed by atoms with Crippen LogP contribution in [0.5, 0.6) is 5.75 Å². The number of nitrogens with one attached hydrogen (secondary N) is 1. The minimum absolute atomic E-state index is 0.278. The summed E-state index contributed by atoms with van der Waals surface area (Å²) in [6, 6.07) is 6.45. The van der Waals surface area contributed by atoms with Crippen LogP contribution in [0.25, 0.3) is 0 Å². The summed E-state index contributed by atoms with van der Waals surface area (Å²) in [6.07, 6.45) is 3.90. The Morgan fingerprint density at radius 1 is 1.26 bits per heavy atom. The minimum atomic E-state index is -3.47. The van der Waals surface area contributed by atoms with Crippen molar-refractivity contribution < 1.29 is 13.2 Å². The van der Waals surface area contributed by atoms with Crippen LogP contribution in [-0.2, 0) is 10.0 Å². The lowest BCUT2D eigenvalue weighted by Crippen LogP contribution is -2.47. The van der Waals surface area contributed by atoms with E-state index in [2.05, 4.69) is 20.7 Å². The fourth-order valence-electron chi connectivity index (χ4n) is 2.41. The van der Waals surface area contributed by atoms with Crippen LogP contribution >= 0.6 is 15.9 Å². The van der Waals surface area contributed by atoms with Gasteiger partial charge in [0.05, 0.1) is 12.0 Å². The van der Waals surface area contributed by atoms with Gasteiger partial charge in [0, 0.05) is 10.9 Å². The van der Waals surface area contributed by atoms with Gasteiger partial charge in [-0.15, -0.1) is 0 Å². The molecule has 0 aromatic heterocycles. The molecule has 0 spiro atoms. The molecule has 0 heterocycles. The lowest BCUT2D eigenvalue weighted by atomic mass is 10.0. The van der Waals surface area contributed by atoms with Gasteiger partial charge >= 0.3 is 0 Å². The zero-order valence-corrected chi connectivity index (χ0v) is 13.3. The highest BCUT2D eigenvalue weighted by molar-refractivity contribution is 9.09. The number of alkyl halides is 1. The smallest absolute Gasteiger partial charge is 0.241 e. The third kappa shape index (κ3) is 3.30. The molecule has 0 atom stereocenters. The van der Waals surface area contributed by atoms with E-state index in [1.165, 1.54) is 0 Å². The van der Waals surface area contributed by atoms with Gasteiger partial charge in [-0.25, -0.2) is 13.1 Å². The summed E-state index contributed by atoms with van der Waals surface area (Å²) in [6.45, 7) is 0. The molecule has 0 saturated heterocycles. The zero-order valence-electron chi connectivity index (χ0n) is 10.9. The highest BCUT2D eigenvalue weighted by Crippen LogP contribution is 2.32. The fraction of sp³-hybridized carbons (Fsp3) is 0.538. The molecule has 4 nitrogen and oxygen atoms in total. The van der Waals surface area contributed by atoms with E-state index in [4.69, 9.17) is 4.74 Å². The molecule has 1 aromatic carbocycles. The van der Waals surface area contributed by atoms with E-state index >= 15 is 0 Å². The molecule has 1 aliphatic rings. The Morgan fingerprint density at radius 2 is 1.84 bits per heavy atom. The first-order chi connectivity index (χ1) is 9.01. The van der Waals surface area contributed by atoms with Crippen molar-refractivity contribution >= 4 is 26.0 Å². The number of hydrogen-bond donors (Lipinski definition) is 1. The highest BCUT2D eigenvalue weighted by atomic mass is 79.9. The van der Waals surface area contributed by atoms with E-state index in [-0.39, 0.29) is 10.4 Å². The van der Waals surface area contributed by atoms with Crippen molar-refractivity contribution in [1.82, 2.24) is 4.72 Å². The molecule has 2 rings (SSSR count). The van der Waals surface area contributed by atoms with Crippen LogP contribution in [0.4, 0.5) is 0 Å². The molecular weight excluding hydrogens is 330 g/mol. The SMILES string of the molecule is COc1ccc(S(=O)(=O)NC2(CBr)CCCC2)cc1. The molecule has 1 aromatic rings. The lowest BCUT2D eigenvalue weighted by molar-refractivity contribution is 0.414. The quantitative estimate of drug-likeness (QED) is 0.833. The normalized spacial score (nSPS) is 18.4. The van der Waals surface area contributed by atoms with Gasteiger partial charge in [0.2, 0.25) is 10.0 Å². The minimum Gasteiger partial charge on any atom is -0.497 e. The maximum absolute atomic E-state index is 12.4. The van der Waals surface area contributed by atoms with Gasteiger partial charge in [0.1, 0.15) is 5.75 Å². The number of rotatable bonds is 5. The Bertz CT molecular complexity index is 521. The van der Waals surface area contributed by atoms with E-state index in [1.54, 1.807) is 31.4 Å². The van der Waals surface area contributed by atoms with Crippen LogP contribution in [0.3, 0.4) is 0 Å². The molecular formula is C13H18BrNO3S. The van der Waals surface area contributed by atoms with Crippen molar-refractivity contribution in [3.8, 4) is 5.75 Å². The van der Waals surface area contributed by atoms with E-state index < -0.39 is 10.0 Å². The summed E-state index contributed by atoms with van der Waals surface area (Å²) in [7, 11) is -1.92. The Kier molecular flexibility index (Phi) is 4.53. The van der Waals surface area contributed by atoms with E-state index in [9.17, 15) is 8.42 Å². The molecule has 0 unspecified atom stereocenters. The Balaban J connectivity index is 2.21. The molecule has 19 heavy (non-hydrogen) atoms. The molecule has 0 bridgehead atoms. The van der Waals surface area contributed by atoms with Gasteiger partial charge in [0.15, 0.2) is 0 Å². The third-order valence-corrected chi connectivity index (χ3v) is 6.20. The van der Waals surface area contributed by atoms with Crippen molar-refractivity contribution in [2.24, 2.45) is 0 Å². The number of hydrogen-bond acceptors (Lipinski definition) is 3. The number of methoxy groups -OCH3 is 1. The Labute approximate surface area is 122 Å². The summed E-state index contributed by atoms with van der Waals surface area (Å²) >= 11 is 3.43. The summed E-state index contributed by atoms with van der Waals surface area (Å²) in [5.41, 5.74) is -0.335. The second-order valence-corrected chi connectivity index (χ2v) is 7.15. The molecule has 1 saturated carbocycles. The second-order valence-electron chi connectivity index (χ2n) is 4.90. The predicted molar refractivity (Wildman–Crippen MR) is 78.3 cm³/mol. The van der Waals surface area contributed by atoms with Crippen molar-refractivity contribution in [3.05, 3.63) is 24.3 Å². The second kappa shape index (κ2) is 5.81. The van der Waals surface area contributed by atoms with E-state index in [0.717, 1.165) is 25.7 Å². The van der Waals surface area contributed by atoms with Crippen molar-refractivity contribution in [2.75, 3.05) is 12.4 Å². The summed E-state index contributed by atoms with van der Waals surface area (Å²) < 4.78 is 32.6. The van der Waals surface area contributed by atoms with E-state index in [1.807, 2.05) is 0 Å². The maximum Gasteiger partial charge on any atom is 0.241 e. The predicted octanol–water partition coefficient (Wildman–Crippen LogP) is 2.68. The average molecular weight is 348 g/mol. The largest absolute Gasteiger partial charge is 0.497 e. The van der Waals surface area contributed by atoms with Crippen LogP contribution in [0, 0.1) is 0 Å². The molecule has 1 aliphatic carbocycles. The molecule has 6 heteroatoms. The topological polar surface area (TPSA) is 55.4 Å². The molecule has 1 fully saturated rings. The van der Waals surface area contributed by atoms with Crippen LogP contribution in [0.1, 0.15) is 25.7 Å². The molecule has 0 radical (unpaired) electrons. The van der Waals surface area contributed by atoms with Gasteiger partial charge < -0.3 is 4.74 Å². The van der Waals surface area contributed by atoms with Crippen molar-refractivity contribution in [1.29, 1.82) is 0 Å². The number of sulfonamides is 1. The van der Waals surface area contributed by atoms with Crippen LogP contribution < -0.4 is 9.46 Å². The standard InChI is InChI=1S/C13H18BrNO3S/c1-18-11-4-6-12(7-5-11)19(16,17)15-13(10-14)8-2-3-9-13/h4-7,15H,2-3,8-10H2,1H3. The highest BCUT2D eigenvalue weighted by Gasteiger charge is 2.37. The monoisotopic (exact) mass is 347 g/mol. The summed E-state index contributed by atoms with van der Waals surface area (Å²) in [5, 5.41) is 0.648. The van der Waals surface area contributed by atoms with Crippen molar-refractivity contribution in [2.45, 2.75) is 36.1 Å². The average Bonchev–Trinajstić information content (AvgIpc) is 2.87. The van der Waals surface area contributed by atoms with Crippen molar-refractivity contribution in [3.63, 3.8) is 0 Å². The number of ether oxygens (including phenoxy) is 1. The van der Waals surface area contributed by atoms with Crippen LogP contribution in [-0.4, -0.2) is 26.4 Å². The maximum atomic E-state index is 12.4.